The first-order valence-corrected chi connectivity index (χ1v) is 6.91. The molecule has 0 atom stereocenters. The molecule has 0 aliphatic heterocycles. The van der Waals surface area contributed by atoms with Crippen LogP contribution in [0.15, 0.2) is 53.1 Å². The third-order valence-corrected chi connectivity index (χ3v) is 3.70. The predicted octanol–water partition coefficient (Wildman–Crippen LogP) is 4.16. The fraction of sp³-hybridized carbons (Fsp3) is 0. The van der Waals surface area contributed by atoms with Crippen molar-refractivity contribution in [3.8, 4) is 16.9 Å². The Morgan fingerprint density at radius 2 is 1.86 bits per heavy atom. The van der Waals surface area contributed by atoms with Crippen LogP contribution in [-0.2, 0) is 0 Å². The zero-order valence-corrected chi connectivity index (χ0v) is 12.3. The summed E-state index contributed by atoms with van der Waals surface area (Å²) in [5, 5.41) is 4.27. The third kappa shape index (κ3) is 2.54. The number of rotatable bonds is 2. The van der Waals surface area contributed by atoms with E-state index in [0.717, 1.165) is 28.4 Å². The number of nitrogen functional groups attached to an aromatic ring is 1. The number of hydrogen-bond acceptors (Lipinski definition) is 2. The van der Waals surface area contributed by atoms with Crippen molar-refractivity contribution in [1.82, 2.24) is 9.78 Å². The Morgan fingerprint density at radius 3 is 2.62 bits per heavy atom. The molecule has 106 valence electrons. The van der Waals surface area contributed by atoms with Crippen LogP contribution >= 0.6 is 15.9 Å². The van der Waals surface area contributed by atoms with Crippen LogP contribution in [0.1, 0.15) is 0 Å². The Balaban J connectivity index is 2.15. The molecule has 6 heteroatoms. The van der Waals surface area contributed by atoms with E-state index in [9.17, 15) is 8.78 Å². The van der Waals surface area contributed by atoms with Crippen LogP contribution in [-0.4, -0.2) is 9.78 Å². The number of anilines is 1. The van der Waals surface area contributed by atoms with Gasteiger partial charge in [-0.3, -0.25) is 0 Å². The van der Waals surface area contributed by atoms with E-state index in [4.69, 9.17) is 5.73 Å². The number of aromatic nitrogens is 2. The van der Waals surface area contributed by atoms with Gasteiger partial charge in [0.05, 0.1) is 17.6 Å². The maximum atomic E-state index is 13.8. The molecule has 3 nitrogen and oxygen atoms in total. The second-order valence-corrected chi connectivity index (χ2v) is 5.31. The van der Waals surface area contributed by atoms with Crippen molar-refractivity contribution in [3.63, 3.8) is 0 Å². The molecule has 0 radical (unpaired) electrons. The van der Waals surface area contributed by atoms with Crippen LogP contribution in [0.4, 0.5) is 14.5 Å². The number of nitrogens with zero attached hydrogens (tertiary/aromatic N) is 2. The molecular weight excluding hydrogens is 340 g/mol. The standard InChI is InChI=1S/C15H10BrF2N3/c16-11-3-1-2-4-14(11)21-8-13(19)15(20-21)10-7-9(17)5-6-12(10)18/h1-8H,19H2. The van der Waals surface area contributed by atoms with Gasteiger partial charge in [0, 0.05) is 10.0 Å². The van der Waals surface area contributed by atoms with Crippen molar-refractivity contribution in [2.24, 2.45) is 0 Å². The Morgan fingerprint density at radius 1 is 1.10 bits per heavy atom. The lowest BCUT2D eigenvalue weighted by Crippen LogP contribution is -1.96. The van der Waals surface area contributed by atoms with E-state index in [1.54, 1.807) is 6.20 Å². The molecule has 0 fully saturated rings. The molecule has 3 aromatic rings. The van der Waals surface area contributed by atoms with E-state index in [1.807, 2.05) is 24.3 Å². The van der Waals surface area contributed by atoms with E-state index >= 15 is 0 Å². The largest absolute Gasteiger partial charge is 0.396 e. The molecule has 2 N–H and O–H groups in total. The number of hydrogen-bond donors (Lipinski definition) is 1. The Labute approximate surface area is 128 Å². The first kappa shape index (κ1) is 13.8. The minimum atomic E-state index is -0.569. The van der Waals surface area contributed by atoms with E-state index in [1.165, 1.54) is 4.68 Å². The molecule has 1 heterocycles. The zero-order chi connectivity index (χ0) is 15.0. The molecule has 1 aromatic heterocycles. The van der Waals surface area contributed by atoms with Gasteiger partial charge in [-0.2, -0.15) is 5.10 Å². The second-order valence-electron chi connectivity index (χ2n) is 4.45. The Bertz CT molecular complexity index is 814. The number of halogens is 3. The summed E-state index contributed by atoms with van der Waals surface area (Å²) in [6.45, 7) is 0. The summed E-state index contributed by atoms with van der Waals surface area (Å²) in [6, 6.07) is 10.6. The molecule has 0 saturated heterocycles. The van der Waals surface area contributed by atoms with E-state index in [0.29, 0.717) is 0 Å². The fourth-order valence-electron chi connectivity index (χ4n) is 2.04. The van der Waals surface area contributed by atoms with Crippen molar-refractivity contribution in [3.05, 3.63) is 64.8 Å². The molecule has 0 unspecified atom stereocenters. The molecule has 3 rings (SSSR count). The smallest absolute Gasteiger partial charge is 0.132 e. The molecule has 21 heavy (non-hydrogen) atoms. The summed E-state index contributed by atoms with van der Waals surface area (Å²) in [7, 11) is 0. The van der Waals surface area contributed by atoms with Crippen molar-refractivity contribution < 1.29 is 8.78 Å². The predicted molar refractivity (Wildman–Crippen MR) is 81.0 cm³/mol. The van der Waals surface area contributed by atoms with Gasteiger partial charge in [-0.05, 0) is 46.3 Å². The first-order chi connectivity index (χ1) is 10.1. The first-order valence-electron chi connectivity index (χ1n) is 6.12. The molecule has 2 aromatic carbocycles. The van der Waals surface area contributed by atoms with Crippen LogP contribution < -0.4 is 5.73 Å². The highest BCUT2D eigenvalue weighted by molar-refractivity contribution is 9.10. The van der Waals surface area contributed by atoms with Gasteiger partial charge < -0.3 is 5.73 Å². The minimum absolute atomic E-state index is 0.0401. The quantitative estimate of drug-likeness (QED) is 0.754. The van der Waals surface area contributed by atoms with Gasteiger partial charge in [-0.1, -0.05) is 12.1 Å². The van der Waals surface area contributed by atoms with Crippen LogP contribution in [0.3, 0.4) is 0 Å². The van der Waals surface area contributed by atoms with Crippen LogP contribution in [0, 0.1) is 11.6 Å². The monoisotopic (exact) mass is 349 g/mol. The topological polar surface area (TPSA) is 43.8 Å². The van der Waals surface area contributed by atoms with Gasteiger partial charge in [-0.15, -0.1) is 0 Å². The average Bonchev–Trinajstić information content (AvgIpc) is 2.84. The summed E-state index contributed by atoms with van der Waals surface area (Å²) in [6.07, 6.45) is 1.57. The zero-order valence-electron chi connectivity index (χ0n) is 10.7. The van der Waals surface area contributed by atoms with Crippen LogP contribution in [0.25, 0.3) is 16.9 Å². The fourth-order valence-corrected chi connectivity index (χ4v) is 2.50. The van der Waals surface area contributed by atoms with E-state index < -0.39 is 11.6 Å². The molecule has 0 aliphatic rings. The van der Waals surface area contributed by atoms with Gasteiger partial charge in [0.15, 0.2) is 0 Å². The SMILES string of the molecule is Nc1cn(-c2ccccc2Br)nc1-c1cc(F)ccc1F. The molecule has 0 amide bonds. The number of benzene rings is 2. The maximum absolute atomic E-state index is 13.8. The molecule has 0 aliphatic carbocycles. The average molecular weight is 350 g/mol. The molecule has 0 spiro atoms. The van der Waals surface area contributed by atoms with Crippen molar-refractivity contribution >= 4 is 21.6 Å². The van der Waals surface area contributed by atoms with Crippen LogP contribution in [0.5, 0.6) is 0 Å². The van der Waals surface area contributed by atoms with Gasteiger partial charge >= 0.3 is 0 Å². The Kier molecular flexibility index (Phi) is 3.47. The summed E-state index contributed by atoms with van der Waals surface area (Å²) >= 11 is 3.41. The molecular formula is C15H10BrF2N3. The highest BCUT2D eigenvalue weighted by Crippen LogP contribution is 2.29. The summed E-state index contributed by atoms with van der Waals surface area (Å²) in [5.41, 5.74) is 7.17. The highest BCUT2D eigenvalue weighted by atomic mass is 79.9. The lowest BCUT2D eigenvalue weighted by Gasteiger charge is -2.04. The van der Waals surface area contributed by atoms with E-state index in [2.05, 4.69) is 21.0 Å². The van der Waals surface area contributed by atoms with Gasteiger partial charge in [-0.25, -0.2) is 13.5 Å². The lowest BCUT2D eigenvalue weighted by molar-refractivity contribution is 0.602. The minimum Gasteiger partial charge on any atom is -0.396 e. The summed E-state index contributed by atoms with van der Waals surface area (Å²) in [4.78, 5) is 0. The Hall–Kier alpha value is -2.21. The summed E-state index contributed by atoms with van der Waals surface area (Å²) in [5.74, 6) is -1.11. The van der Waals surface area contributed by atoms with Crippen LogP contribution in [0.2, 0.25) is 0 Å². The van der Waals surface area contributed by atoms with Gasteiger partial charge in [0.25, 0.3) is 0 Å². The van der Waals surface area contributed by atoms with Crippen molar-refractivity contribution in [2.75, 3.05) is 5.73 Å². The van der Waals surface area contributed by atoms with Gasteiger partial charge in [0.2, 0.25) is 0 Å². The van der Waals surface area contributed by atoms with Crippen molar-refractivity contribution in [2.45, 2.75) is 0 Å². The molecule has 0 saturated carbocycles. The second kappa shape index (κ2) is 5.29. The highest BCUT2D eigenvalue weighted by Gasteiger charge is 2.15. The normalized spacial score (nSPS) is 10.8. The maximum Gasteiger partial charge on any atom is 0.132 e. The summed E-state index contributed by atoms with van der Waals surface area (Å²) < 4.78 is 29.5. The number of nitrogens with two attached hydrogens (primary N) is 1. The third-order valence-electron chi connectivity index (χ3n) is 3.03. The lowest BCUT2D eigenvalue weighted by atomic mass is 10.1. The van der Waals surface area contributed by atoms with Crippen molar-refractivity contribution in [1.29, 1.82) is 0 Å². The van der Waals surface area contributed by atoms with Gasteiger partial charge in [0.1, 0.15) is 17.3 Å². The molecule has 0 bridgehead atoms. The van der Waals surface area contributed by atoms with E-state index in [-0.39, 0.29) is 16.9 Å². The number of para-hydroxylation sites is 1.